The molecule has 0 radical (unpaired) electrons. The molecule has 0 unspecified atom stereocenters. The summed E-state index contributed by atoms with van der Waals surface area (Å²) in [6, 6.07) is 8.24. The van der Waals surface area contributed by atoms with Crippen LogP contribution in [0, 0.1) is 5.82 Å². The van der Waals surface area contributed by atoms with Gasteiger partial charge in [0, 0.05) is 37.6 Å². The van der Waals surface area contributed by atoms with Gasteiger partial charge in [0.2, 0.25) is 0 Å². The predicted octanol–water partition coefficient (Wildman–Crippen LogP) is 1.46. The summed E-state index contributed by atoms with van der Waals surface area (Å²) in [6.45, 7) is 3.13. The van der Waals surface area contributed by atoms with Gasteiger partial charge in [0.25, 0.3) is 0 Å². The van der Waals surface area contributed by atoms with Crippen LogP contribution in [-0.4, -0.2) is 52.1 Å². The number of rotatable bonds is 5. The minimum absolute atomic E-state index is 0.0291. The summed E-state index contributed by atoms with van der Waals surface area (Å²) < 4.78 is 21.3. The van der Waals surface area contributed by atoms with Crippen LogP contribution in [0.5, 0.6) is 0 Å². The van der Waals surface area contributed by atoms with Crippen molar-refractivity contribution in [2.24, 2.45) is 0 Å². The van der Waals surface area contributed by atoms with Crippen LogP contribution in [0.3, 0.4) is 0 Å². The van der Waals surface area contributed by atoms with Crippen molar-refractivity contribution in [3.63, 3.8) is 0 Å². The van der Waals surface area contributed by atoms with Crippen LogP contribution in [0.15, 0.2) is 42.7 Å². The van der Waals surface area contributed by atoms with E-state index >= 15 is 0 Å². The zero-order valence-corrected chi connectivity index (χ0v) is 12.3. The number of aromatic nitrogens is 2. The van der Waals surface area contributed by atoms with Gasteiger partial charge in [0.05, 0.1) is 25.4 Å². The fourth-order valence-electron chi connectivity index (χ4n) is 2.76. The second-order valence-corrected chi connectivity index (χ2v) is 5.52. The van der Waals surface area contributed by atoms with Crippen molar-refractivity contribution < 1.29 is 14.2 Å². The molecule has 5 nitrogen and oxygen atoms in total. The van der Waals surface area contributed by atoms with Gasteiger partial charge in [-0.1, -0.05) is 18.2 Å². The summed E-state index contributed by atoms with van der Waals surface area (Å²) >= 11 is 0. The third-order valence-corrected chi connectivity index (χ3v) is 3.87. The lowest BCUT2D eigenvalue weighted by atomic mass is 10.1. The average Bonchev–Trinajstić information content (AvgIpc) is 3.01. The number of nitrogens with zero attached hydrogens (tertiary/aromatic N) is 3. The molecule has 2 aromatic rings. The fourth-order valence-corrected chi connectivity index (χ4v) is 2.76. The van der Waals surface area contributed by atoms with E-state index in [0.717, 1.165) is 6.54 Å². The molecule has 1 aliphatic heterocycles. The maximum atomic E-state index is 13.7. The van der Waals surface area contributed by atoms with E-state index in [-0.39, 0.29) is 11.9 Å². The molecule has 0 amide bonds. The molecule has 22 heavy (non-hydrogen) atoms. The third-order valence-electron chi connectivity index (χ3n) is 3.87. The molecule has 1 saturated heterocycles. The summed E-state index contributed by atoms with van der Waals surface area (Å²) in [5, 5.41) is 14.4. The highest BCUT2D eigenvalue weighted by Gasteiger charge is 2.24. The second-order valence-electron chi connectivity index (χ2n) is 5.52. The third kappa shape index (κ3) is 3.71. The van der Waals surface area contributed by atoms with E-state index in [1.165, 1.54) is 6.07 Å². The van der Waals surface area contributed by atoms with Crippen molar-refractivity contribution in [3.05, 3.63) is 54.1 Å². The first-order valence-electron chi connectivity index (χ1n) is 7.46. The molecule has 118 valence electrons. The first-order chi connectivity index (χ1) is 10.7. The molecule has 1 N–H and O–H groups in total. The maximum absolute atomic E-state index is 13.7. The lowest BCUT2D eigenvalue weighted by Gasteiger charge is -2.34. The molecule has 0 saturated carbocycles. The molecule has 0 bridgehead atoms. The van der Waals surface area contributed by atoms with Crippen molar-refractivity contribution in [3.8, 4) is 0 Å². The van der Waals surface area contributed by atoms with Crippen LogP contribution in [-0.2, 0) is 11.3 Å². The maximum Gasteiger partial charge on any atom is 0.129 e. The molecule has 1 aromatic carbocycles. The Hall–Kier alpha value is -1.76. The molecule has 1 fully saturated rings. The van der Waals surface area contributed by atoms with Crippen molar-refractivity contribution in [2.45, 2.75) is 18.8 Å². The summed E-state index contributed by atoms with van der Waals surface area (Å²) in [6.07, 6.45) is 2.84. The zero-order valence-electron chi connectivity index (χ0n) is 12.3. The van der Waals surface area contributed by atoms with E-state index < -0.39 is 6.10 Å². The SMILES string of the molecule is O[C@H](CN1CCO[C@@H](Cn2cccn2)C1)c1ccccc1F. The van der Waals surface area contributed by atoms with Gasteiger partial charge in [-0.2, -0.15) is 5.10 Å². The number of halogens is 1. The van der Waals surface area contributed by atoms with E-state index in [2.05, 4.69) is 10.00 Å². The highest BCUT2D eigenvalue weighted by molar-refractivity contribution is 5.20. The summed E-state index contributed by atoms with van der Waals surface area (Å²) in [7, 11) is 0. The van der Waals surface area contributed by atoms with E-state index in [0.29, 0.717) is 31.8 Å². The number of benzene rings is 1. The van der Waals surface area contributed by atoms with Gasteiger partial charge in [-0.15, -0.1) is 0 Å². The number of hydrogen-bond acceptors (Lipinski definition) is 4. The largest absolute Gasteiger partial charge is 0.387 e. The average molecular weight is 305 g/mol. The molecule has 2 heterocycles. The van der Waals surface area contributed by atoms with Crippen LogP contribution in [0.25, 0.3) is 0 Å². The van der Waals surface area contributed by atoms with Crippen molar-refractivity contribution in [1.82, 2.24) is 14.7 Å². The minimum Gasteiger partial charge on any atom is -0.387 e. The van der Waals surface area contributed by atoms with Crippen LogP contribution in [0.1, 0.15) is 11.7 Å². The number of aliphatic hydroxyl groups is 1. The molecule has 0 aliphatic carbocycles. The lowest BCUT2D eigenvalue weighted by molar-refractivity contribution is -0.0488. The molecule has 2 atom stereocenters. The number of aliphatic hydroxyl groups excluding tert-OH is 1. The fraction of sp³-hybridized carbons (Fsp3) is 0.438. The Labute approximate surface area is 128 Å². The number of morpholine rings is 1. The van der Waals surface area contributed by atoms with Gasteiger partial charge in [0.1, 0.15) is 5.82 Å². The van der Waals surface area contributed by atoms with E-state index in [1.54, 1.807) is 24.4 Å². The Kier molecular flexibility index (Phi) is 4.82. The van der Waals surface area contributed by atoms with E-state index in [4.69, 9.17) is 4.74 Å². The van der Waals surface area contributed by atoms with Gasteiger partial charge in [-0.05, 0) is 12.1 Å². The number of hydrogen-bond donors (Lipinski definition) is 1. The number of β-amino-alcohol motifs (C(OH)–C–C–N with tert-alkyl or cyclic N) is 1. The molecular formula is C16H20FN3O2. The molecule has 6 heteroatoms. The Morgan fingerprint density at radius 2 is 2.23 bits per heavy atom. The Morgan fingerprint density at radius 1 is 1.36 bits per heavy atom. The van der Waals surface area contributed by atoms with Gasteiger partial charge in [-0.3, -0.25) is 9.58 Å². The topological polar surface area (TPSA) is 50.5 Å². The molecule has 3 rings (SSSR count). The number of ether oxygens (including phenoxy) is 1. The highest BCUT2D eigenvalue weighted by atomic mass is 19.1. The van der Waals surface area contributed by atoms with Gasteiger partial charge < -0.3 is 9.84 Å². The van der Waals surface area contributed by atoms with Crippen molar-refractivity contribution >= 4 is 0 Å². The highest BCUT2D eigenvalue weighted by Crippen LogP contribution is 2.19. The van der Waals surface area contributed by atoms with Crippen LogP contribution >= 0.6 is 0 Å². The van der Waals surface area contributed by atoms with Crippen LogP contribution < -0.4 is 0 Å². The molecule has 0 spiro atoms. The molecule has 1 aromatic heterocycles. The summed E-state index contributed by atoms with van der Waals surface area (Å²) in [5.41, 5.74) is 0.345. The Morgan fingerprint density at radius 3 is 3.00 bits per heavy atom. The minimum atomic E-state index is -0.829. The first kappa shape index (κ1) is 15.1. The molecule has 1 aliphatic rings. The Bertz CT molecular complexity index is 591. The monoisotopic (exact) mass is 305 g/mol. The quantitative estimate of drug-likeness (QED) is 0.908. The van der Waals surface area contributed by atoms with Gasteiger partial charge in [-0.25, -0.2) is 4.39 Å². The van der Waals surface area contributed by atoms with Crippen LogP contribution in [0.2, 0.25) is 0 Å². The smallest absolute Gasteiger partial charge is 0.129 e. The van der Waals surface area contributed by atoms with E-state index in [1.807, 2.05) is 16.9 Å². The second kappa shape index (κ2) is 7.00. The van der Waals surface area contributed by atoms with Crippen molar-refractivity contribution in [1.29, 1.82) is 0 Å². The van der Waals surface area contributed by atoms with Gasteiger partial charge in [0.15, 0.2) is 0 Å². The lowest BCUT2D eigenvalue weighted by Crippen LogP contribution is -2.45. The van der Waals surface area contributed by atoms with Gasteiger partial charge >= 0.3 is 0 Å². The zero-order chi connectivity index (χ0) is 15.4. The first-order valence-corrected chi connectivity index (χ1v) is 7.46. The van der Waals surface area contributed by atoms with Crippen molar-refractivity contribution in [2.75, 3.05) is 26.2 Å². The standard InChI is InChI=1S/C16H20FN3O2/c17-15-5-2-1-4-14(15)16(21)12-19-8-9-22-13(10-19)11-20-7-3-6-18-20/h1-7,13,16,21H,8-12H2/t13-,16-/m1/s1. The Balaban J connectivity index is 1.57. The summed E-state index contributed by atoms with van der Waals surface area (Å²) in [5.74, 6) is -0.364. The molecular weight excluding hydrogens is 285 g/mol. The normalized spacial score (nSPS) is 20.9. The van der Waals surface area contributed by atoms with Crippen LogP contribution in [0.4, 0.5) is 4.39 Å². The summed E-state index contributed by atoms with van der Waals surface area (Å²) in [4.78, 5) is 2.11. The van der Waals surface area contributed by atoms with E-state index in [9.17, 15) is 9.50 Å². The predicted molar refractivity (Wildman–Crippen MR) is 79.8 cm³/mol.